The largest absolute Gasteiger partial charge is 0.479 e. The van der Waals surface area contributed by atoms with Crippen molar-refractivity contribution >= 4 is 5.97 Å². The van der Waals surface area contributed by atoms with E-state index in [4.69, 9.17) is 9.47 Å². The number of benzene rings is 2. The van der Waals surface area contributed by atoms with E-state index in [0.717, 1.165) is 81.5 Å². The van der Waals surface area contributed by atoms with Gasteiger partial charge in [-0.2, -0.15) is 0 Å². The highest BCUT2D eigenvalue weighted by Crippen LogP contribution is 2.51. The molecule has 3 atom stereocenters. The van der Waals surface area contributed by atoms with Crippen LogP contribution in [0, 0.1) is 17.8 Å². The molecule has 2 heterocycles. The van der Waals surface area contributed by atoms with E-state index in [2.05, 4.69) is 17.4 Å². The van der Waals surface area contributed by atoms with Gasteiger partial charge >= 0.3 is 5.97 Å². The van der Waals surface area contributed by atoms with Crippen LogP contribution in [0.5, 0.6) is 11.5 Å². The summed E-state index contributed by atoms with van der Waals surface area (Å²) in [4.78, 5) is 12.7. The van der Waals surface area contributed by atoms with E-state index in [1.807, 2.05) is 24.3 Å². The summed E-state index contributed by atoms with van der Waals surface area (Å²) in [5.74, 6) is 1.51. The maximum Gasteiger partial charge on any atom is 0.340 e. The number of rotatable bonds is 7. The molecule has 6 nitrogen and oxygen atoms in total. The van der Waals surface area contributed by atoms with Gasteiger partial charge in [0, 0.05) is 5.92 Å². The maximum absolute atomic E-state index is 12.7. The van der Waals surface area contributed by atoms with E-state index < -0.39 is 11.6 Å². The zero-order chi connectivity index (χ0) is 24.0. The van der Waals surface area contributed by atoms with E-state index in [0.29, 0.717) is 23.3 Å². The Kier molecular flexibility index (Phi) is 5.97. The van der Waals surface area contributed by atoms with E-state index in [1.54, 1.807) is 0 Å². The van der Waals surface area contributed by atoms with Crippen molar-refractivity contribution in [2.24, 2.45) is 17.8 Å². The number of carboxylic acid groups (broad SMARTS) is 1. The zero-order valence-electron chi connectivity index (χ0n) is 20.2. The number of nitrogens with one attached hydrogen (secondary N) is 1. The highest BCUT2D eigenvalue weighted by atomic mass is 16.7. The summed E-state index contributed by atoms with van der Waals surface area (Å²) in [5, 5.41) is 25.9. The number of hydrogen-bond donors (Lipinski definition) is 3. The van der Waals surface area contributed by atoms with Crippen molar-refractivity contribution < 1.29 is 24.5 Å². The first-order valence-electron chi connectivity index (χ1n) is 13.2. The molecule has 2 aromatic rings. The average Bonchev–Trinajstić information content (AvgIpc) is 3.61. The molecule has 3 unspecified atom stereocenters. The molecule has 1 saturated heterocycles. The third-order valence-corrected chi connectivity index (χ3v) is 9.07. The average molecular weight is 478 g/mol. The molecular weight excluding hydrogens is 442 g/mol. The first kappa shape index (κ1) is 22.9. The van der Waals surface area contributed by atoms with Crippen LogP contribution in [0.3, 0.4) is 0 Å². The molecule has 35 heavy (non-hydrogen) atoms. The van der Waals surface area contributed by atoms with Gasteiger partial charge in [-0.05, 0) is 104 Å². The van der Waals surface area contributed by atoms with Gasteiger partial charge in [0.25, 0.3) is 0 Å². The molecule has 3 N–H and O–H groups in total. The van der Waals surface area contributed by atoms with Gasteiger partial charge < -0.3 is 25.0 Å². The van der Waals surface area contributed by atoms with Crippen molar-refractivity contribution in [3.63, 3.8) is 0 Å². The maximum atomic E-state index is 12.7. The van der Waals surface area contributed by atoms with Crippen LogP contribution in [0.2, 0.25) is 0 Å². The Balaban J connectivity index is 1.41. The fourth-order valence-electron chi connectivity index (χ4n) is 7.34. The van der Waals surface area contributed by atoms with Crippen LogP contribution in [0.4, 0.5) is 0 Å². The molecule has 2 bridgehead atoms. The third kappa shape index (κ3) is 3.91. The molecule has 0 radical (unpaired) electrons. The normalized spacial score (nSPS) is 27.2. The molecule has 0 spiro atoms. The molecule has 2 aromatic carbocycles. The monoisotopic (exact) mass is 477 g/mol. The fraction of sp³-hybridized carbons (Fsp3) is 0.552. The number of carbonyl (C=O) groups is 1. The standard InChI is InChI=1S/C29H35NO5/c31-28(32)29(33,22-5-1-2-6-22)23-7-3-4-19(27(23)26-20-11-12-21(26)16-30-15-20)10-8-18-9-13-24-25(14-18)35-17-34-24/h3-4,7,9,13-14,20-22,26,30,33H,1-2,5-6,8,10-12,15-17H2,(H,31,32). The Bertz CT molecular complexity index is 1090. The first-order chi connectivity index (χ1) is 17.1. The van der Waals surface area contributed by atoms with E-state index in [1.165, 1.54) is 11.1 Å². The highest BCUT2D eigenvalue weighted by Gasteiger charge is 2.51. The minimum Gasteiger partial charge on any atom is -0.479 e. The number of hydrogen-bond acceptors (Lipinski definition) is 5. The number of ether oxygens (including phenoxy) is 2. The lowest BCUT2D eigenvalue weighted by molar-refractivity contribution is -0.166. The topological polar surface area (TPSA) is 88.0 Å². The van der Waals surface area contributed by atoms with Crippen LogP contribution in [-0.4, -0.2) is 36.1 Å². The van der Waals surface area contributed by atoms with Gasteiger partial charge in [0.15, 0.2) is 17.1 Å². The van der Waals surface area contributed by atoms with Gasteiger partial charge in [-0.3, -0.25) is 0 Å². The Morgan fingerprint density at radius 2 is 1.71 bits per heavy atom. The number of piperidine rings is 1. The number of aliphatic hydroxyl groups is 1. The van der Waals surface area contributed by atoms with Crippen molar-refractivity contribution in [2.45, 2.75) is 62.9 Å². The third-order valence-electron chi connectivity index (χ3n) is 9.07. The molecule has 0 amide bonds. The minimum absolute atomic E-state index is 0.234. The lowest BCUT2D eigenvalue weighted by Crippen LogP contribution is -2.45. The van der Waals surface area contributed by atoms with Crippen LogP contribution in [0.25, 0.3) is 0 Å². The molecule has 6 rings (SSSR count). The molecular formula is C29H35NO5. The predicted octanol–water partition coefficient (Wildman–Crippen LogP) is 4.38. The molecule has 2 saturated carbocycles. The SMILES string of the molecule is O=C(O)C(O)(c1cccc(CCc2ccc3c(c2)OCO3)c1C1C2CCC1CNC2)C1CCCC1. The molecule has 186 valence electrons. The predicted molar refractivity (Wildman–Crippen MR) is 132 cm³/mol. The van der Waals surface area contributed by atoms with E-state index in [-0.39, 0.29) is 12.7 Å². The van der Waals surface area contributed by atoms with Crippen LogP contribution in [0.15, 0.2) is 36.4 Å². The van der Waals surface area contributed by atoms with E-state index in [9.17, 15) is 15.0 Å². The number of carboxylic acids is 1. The molecule has 2 aliphatic carbocycles. The molecule has 0 aromatic heterocycles. The number of aliphatic carboxylic acids is 1. The van der Waals surface area contributed by atoms with Crippen molar-refractivity contribution in [1.29, 1.82) is 0 Å². The summed E-state index contributed by atoms with van der Waals surface area (Å²) < 4.78 is 11.0. The smallest absolute Gasteiger partial charge is 0.340 e. The second-order valence-electron chi connectivity index (χ2n) is 10.9. The van der Waals surface area contributed by atoms with Gasteiger partial charge in [-0.1, -0.05) is 37.1 Å². The van der Waals surface area contributed by atoms with Crippen molar-refractivity contribution in [2.75, 3.05) is 19.9 Å². The van der Waals surface area contributed by atoms with Crippen molar-refractivity contribution in [3.05, 3.63) is 58.7 Å². The van der Waals surface area contributed by atoms with Crippen LogP contribution in [-0.2, 0) is 23.2 Å². The Morgan fingerprint density at radius 1 is 0.971 bits per heavy atom. The zero-order valence-corrected chi connectivity index (χ0v) is 20.2. The first-order valence-corrected chi connectivity index (χ1v) is 13.2. The van der Waals surface area contributed by atoms with Crippen molar-refractivity contribution in [3.8, 4) is 11.5 Å². The summed E-state index contributed by atoms with van der Waals surface area (Å²) >= 11 is 0. The highest BCUT2D eigenvalue weighted by molar-refractivity contribution is 5.80. The van der Waals surface area contributed by atoms with Crippen molar-refractivity contribution in [1.82, 2.24) is 5.32 Å². The molecule has 4 aliphatic rings. The molecule has 6 heteroatoms. The lowest BCUT2D eigenvalue weighted by Gasteiger charge is -2.39. The van der Waals surface area contributed by atoms with E-state index >= 15 is 0 Å². The summed E-state index contributed by atoms with van der Waals surface area (Å²) in [7, 11) is 0. The van der Waals surface area contributed by atoms with Crippen LogP contribution < -0.4 is 14.8 Å². The van der Waals surface area contributed by atoms with Gasteiger partial charge in [0.1, 0.15) is 0 Å². The minimum atomic E-state index is -1.83. The quantitative estimate of drug-likeness (QED) is 0.549. The Hall–Kier alpha value is -2.57. The van der Waals surface area contributed by atoms with Gasteiger partial charge in [-0.25, -0.2) is 4.79 Å². The summed E-state index contributed by atoms with van der Waals surface area (Å²) in [6.45, 7) is 2.19. The lowest BCUT2D eigenvalue weighted by atomic mass is 9.70. The fourth-order valence-corrected chi connectivity index (χ4v) is 7.34. The Labute approximate surface area is 206 Å². The van der Waals surface area contributed by atoms with Crippen LogP contribution >= 0.6 is 0 Å². The summed E-state index contributed by atoms with van der Waals surface area (Å²) in [5.41, 5.74) is 2.30. The van der Waals surface area contributed by atoms with Gasteiger partial charge in [0.2, 0.25) is 6.79 Å². The van der Waals surface area contributed by atoms with Crippen LogP contribution in [0.1, 0.15) is 66.7 Å². The second-order valence-corrected chi connectivity index (χ2v) is 10.9. The molecule has 2 aliphatic heterocycles. The Morgan fingerprint density at radius 3 is 2.46 bits per heavy atom. The van der Waals surface area contributed by atoms with Gasteiger partial charge in [0.05, 0.1) is 0 Å². The van der Waals surface area contributed by atoms with Gasteiger partial charge in [-0.15, -0.1) is 0 Å². The number of aryl methyl sites for hydroxylation is 2. The number of fused-ring (bicyclic) bond motifs is 3. The summed E-state index contributed by atoms with van der Waals surface area (Å²) in [6, 6.07) is 12.1. The summed E-state index contributed by atoms with van der Waals surface area (Å²) in [6.07, 6.45) is 7.44. The molecule has 3 fully saturated rings. The second kappa shape index (κ2) is 9.14.